The number of nitrogens with zero attached hydrogens (tertiary/aromatic N) is 1. The van der Waals surface area contributed by atoms with E-state index in [0.717, 1.165) is 0 Å². The smallest absolute Gasteiger partial charge is 0.312 e. The fraction of sp³-hybridized carbons (Fsp3) is 0.800. The van der Waals surface area contributed by atoms with E-state index < -0.39 is 5.41 Å². The molecule has 0 saturated carbocycles. The summed E-state index contributed by atoms with van der Waals surface area (Å²) < 4.78 is 4.66. The fourth-order valence-electron chi connectivity index (χ4n) is 0.987. The molecule has 4 nitrogen and oxygen atoms in total. The van der Waals surface area contributed by atoms with Crippen LogP contribution < -0.4 is 5.32 Å². The Labute approximate surface area is 85.2 Å². The largest absolute Gasteiger partial charge is 0.469 e. The summed E-state index contributed by atoms with van der Waals surface area (Å²) >= 11 is 0. The lowest BCUT2D eigenvalue weighted by Gasteiger charge is -2.23. The molecule has 4 heteroatoms. The predicted octanol–water partition coefficient (Wildman–Crippen LogP) is 1.08. The van der Waals surface area contributed by atoms with Gasteiger partial charge in [-0.25, -0.2) is 0 Å². The number of esters is 1. The van der Waals surface area contributed by atoms with Gasteiger partial charge in [0.05, 0.1) is 25.0 Å². The first-order valence-electron chi connectivity index (χ1n) is 4.63. The molecule has 14 heavy (non-hydrogen) atoms. The molecule has 1 N–H and O–H groups in total. The number of rotatable bonds is 5. The Morgan fingerprint density at radius 3 is 2.64 bits per heavy atom. The van der Waals surface area contributed by atoms with E-state index in [1.54, 1.807) is 0 Å². The van der Waals surface area contributed by atoms with Gasteiger partial charge >= 0.3 is 5.97 Å². The van der Waals surface area contributed by atoms with E-state index in [2.05, 4.69) is 16.1 Å². The van der Waals surface area contributed by atoms with E-state index in [0.29, 0.717) is 13.0 Å². The van der Waals surface area contributed by atoms with Gasteiger partial charge in [-0.1, -0.05) is 0 Å². The molecule has 0 amide bonds. The van der Waals surface area contributed by atoms with Crippen LogP contribution in [-0.2, 0) is 9.53 Å². The average Bonchev–Trinajstić information content (AvgIpc) is 2.14. The number of ether oxygens (including phenoxy) is 1. The first kappa shape index (κ1) is 12.9. The van der Waals surface area contributed by atoms with Gasteiger partial charge in [0, 0.05) is 12.6 Å². The monoisotopic (exact) mass is 198 g/mol. The van der Waals surface area contributed by atoms with Crippen molar-refractivity contribution in [2.75, 3.05) is 13.7 Å². The summed E-state index contributed by atoms with van der Waals surface area (Å²) in [6.45, 7) is 6.05. The van der Waals surface area contributed by atoms with Crippen molar-refractivity contribution in [3.8, 4) is 6.07 Å². The molecular weight excluding hydrogens is 180 g/mol. The minimum Gasteiger partial charge on any atom is -0.469 e. The molecular formula is C10H18N2O2. The van der Waals surface area contributed by atoms with Crippen molar-refractivity contribution in [2.24, 2.45) is 5.41 Å². The number of hydrogen-bond acceptors (Lipinski definition) is 4. The molecule has 0 radical (unpaired) electrons. The maximum Gasteiger partial charge on any atom is 0.312 e. The SMILES string of the molecule is COC(=O)C(C)(C)CN[C@@H](C)CC#N. The minimum atomic E-state index is -0.543. The van der Waals surface area contributed by atoms with Gasteiger partial charge in [0.15, 0.2) is 0 Å². The van der Waals surface area contributed by atoms with Crippen molar-refractivity contribution in [3.05, 3.63) is 0 Å². The summed E-state index contributed by atoms with van der Waals surface area (Å²) in [7, 11) is 1.38. The lowest BCUT2D eigenvalue weighted by molar-refractivity contribution is -0.150. The van der Waals surface area contributed by atoms with Crippen LogP contribution in [0.15, 0.2) is 0 Å². The van der Waals surface area contributed by atoms with Gasteiger partial charge in [-0.2, -0.15) is 5.26 Å². The lowest BCUT2D eigenvalue weighted by Crippen LogP contribution is -2.40. The second-order valence-electron chi connectivity index (χ2n) is 4.02. The van der Waals surface area contributed by atoms with Crippen molar-refractivity contribution >= 4 is 5.97 Å². The van der Waals surface area contributed by atoms with E-state index in [1.165, 1.54) is 7.11 Å². The Morgan fingerprint density at radius 2 is 2.21 bits per heavy atom. The highest BCUT2D eigenvalue weighted by Crippen LogP contribution is 2.15. The van der Waals surface area contributed by atoms with Crippen molar-refractivity contribution in [3.63, 3.8) is 0 Å². The van der Waals surface area contributed by atoms with E-state index in [9.17, 15) is 4.79 Å². The normalized spacial score (nSPS) is 13.1. The highest BCUT2D eigenvalue weighted by Gasteiger charge is 2.28. The van der Waals surface area contributed by atoms with Crippen LogP contribution in [0.25, 0.3) is 0 Å². The molecule has 0 bridgehead atoms. The van der Waals surface area contributed by atoms with Gasteiger partial charge < -0.3 is 10.1 Å². The number of methoxy groups -OCH3 is 1. The molecule has 0 unspecified atom stereocenters. The molecule has 0 heterocycles. The van der Waals surface area contributed by atoms with E-state index in [1.807, 2.05) is 20.8 Å². The van der Waals surface area contributed by atoms with Crippen LogP contribution in [0.1, 0.15) is 27.2 Å². The van der Waals surface area contributed by atoms with E-state index in [-0.39, 0.29) is 12.0 Å². The number of carbonyl (C=O) groups excluding carboxylic acids is 1. The van der Waals surface area contributed by atoms with Gasteiger partial charge in [0.25, 0.3) is 0 Å². The zero-order chi connectivity index (χ0) is 11.2. The maximum absolute atomic E-state index is 11.3. The molecule has 0 aromatic rings. The molecule has 0 rings (SSSR count). The minimum absolute atomic E-state index is 0.101. The summed E-state index contributed by atoms with van der Waals surface area (Å²) in [6.07, 6.45) is 0.442. The summed E-state index contributed by atoms with van der Waals surface area (Å²) in [6, 6.07) is 2.17. The summed E-state index contributed by atoms with van der Waals surface area (Å²) in [5, 5.41) is 11.6. The highest BCUT2D eigenvalue weighted by molar-refractivity contribution is 5.76. The zero-order valence-electron chi connectivity index (χ0n) is 9.26. The van der Waals surface area contributed by atoms with Gasteiger partial charge in [0.2, 0.25) is 0 Å². The summed E-state index contributed by atoms with van der Waals surface area (Å²) in [5.41, 5.74) is -0.543. The molecule has 0 aliphatic rings. The molecule has 0 spiro atoms. The Morgan fingerprint density at radius 1 is 1.64 bits per heavy atom. The molecule has 80 valence electrons. The average molecular weight is 198 g/mol. The number of nitrogens with one attached hydrogen (secondary N) is 1. The Hall–Kier alpha value is -1.08. The van der Waals surface area contributed by atoms with Crippen LogP contribution >= 0.6 is 0 Å². The highest BCUT2D eigenvalue weighted by atomic mass is 16.5. The van der Waals surface area contributed by atoms with Crippen LogP contribution in [0.2, 0.25) is 0 Å². The predicted molar refractivity (Wildman–Crippen MR) is 53.5 cm³/mol. The molecule has 0 aromatic heterocycles. The van der Waals surface area contributed by atoms with Crippen LogP contribution in [0.3, 0.4) is 0 Å². The third-order valence-electron chi connectivity index (χ3n) is 2.03. The lowest BCUT2D eigenvalue weighted by atomic mass is 9.93. The number of hydrogen-bond donors (Lipinski definition) is 1. The molecule has 1 atom stereocenters. The standard InChI is InChI=1S/C10H18N2O2/c1-8(5-6-11)12-7-10(2,3)9(13)14-4/h8,12H,5,7H2,1-4H3/t8-/m0/s1. The van der Waals surface area contributed by atoms with Crippen molar-refractivity contribution in [1.82, 2.24) is 5.32 Å². The van der Waals surface area contributed by atoms with Crippen LogP contribution in [0.4, 0.5) is 0 Å². The third-order valence-corrected chi connectivity index (χ3v) is 2.03. The molecule has 0 aliphatic heterocycles. The second-order valence-corrected chi connectivity index (χ2v) is 4.02. The third kappa shape index (κ3) is 4.24. The second kappa shape index (κ2) is 5.61. The first-order valence-corrected chi connectivity index (χ1v) is 4.63. The first-order chi connectivity index (χ1) is 6.44. The van der Waals surface area contributed by atoms with Crippen molar-refractivity contribution < 1.29 is 9.53 Å². The van der Waals surface area contributed by atoms with E-state index in [4.69, 9.17) is 5.26 Å². The Balaban J connectivity index is 3.99. The van der Waals surface area contributed by atoms with Crippen molar-refractivity contribution in [2.45, 2.75) is 33.2 Å². The Bertz CT molecular complexity index is 231. The van der Waals surface area contributed by atoms with Crippen LogP contribution in [0, 0.1) is 16.7 Å². The van der Waals surface area contributed by atoms with Crippen LogP contribution in [-0.4, -0.2) is 25.7 Å². The van der Waals surface area contributed by atoms with Crippen LogP contribution in [0.5, 0.6) is 0 Å². The summed E-state index contributed by atoms with van der Waals surface area (Å²) in [4.78, 5) is 11.3. The van der Waals surface area contributed by atoms with Crippen molar-refractivity contribution in [1.29, 1.82) is 5.26 Å². The van der Waals surface area contributed by atoms with Gasteiger partial charge in [-0.3, -0.25) is 4.79 Å². The number of nitriles is 1. The zero-order valence-corrected chi connectivity index (χ0v) is 9.26. The van der Waals surface area contributed by atoms with Gasteiger partial charge in [0.1, 0.15) is 0 Å². The Kier molecular flexibility index (Phi) is 5.18. The molecule has 0 aliphatic carbocycles. The molecule has 0 saturated heterocycles. The molecule has 0 fully saturated rings. The van der Waals surface area contributed by atoms with E-state index >= 15 is 0 Å². The molecule has 0 aromatic carbocycles. The number of carbonyl (C=O) groups is 1. The topological polar surface area (TPSA) is 62.1 Å². The fourth-order valence-corrected chi connectivity index (χ4v) is 0.987. The quantitative estimate of drug-likeness (QED) is 0.671. The summed E-state index contributed by atoms with van der Waals surface area (Å²) in [5.74, 6) is -0.242. The maximum atomic E-state index is 11.3. The van der Waals surface area contributed by atoms with Gasteiger partial charge in [-0.15, -0.1) is 0 Å². The van der Waals surface area contributed by atoms with Gasteiger partial charge in [-0.05, 0) is 20.8 Å².